The highest BCUT2D eigenvalue weighted by Crippen LogP contribution is 2.32. The number of aromatic nitrogens is 2. The van der Waals surface area contributed by atoms with E-state index in [4.69, 9.17) is 11.6 Å². The number of hydrogen-bond donors (Lipinski definition) is 1. The van der Waals surface area contributed by atoms with Crippen LogP contribution < -0.4 is 11.0 Å². The molecule has 0 radical (unpaired) electrons. The minimum Gasteiger partial charge on any atom is -0.289 e. The molecule has 1 heterocycles. The Hall–Kier alpha value is -2.19. The number of halogens is 4. The lowest BCUT2D eigenvalue weighted by Crippen LogP contribution is -2.27. The molecule has 27 heavy (non-hydrogen) atoms. The van der Waals surface area contributed by atoms with Gasteiger partial charge in [0.15, 0.2) is 0 Å². The highest BCUT2D eigenvalue weighted by Gasteiger charge is 2.31. The minimum atomic E-state index is -4.54. The van der Waals surface area contributed by atoms with Crippen LogP contribution in [0.1, 0.15) is 18.1 Å². The molecule has 0 amide bonds. The summed E-state index contributed by atoms with van der Waals surface area (Å²) in [4.78, 5) is 17.8. The predicted molar refractivity (Wildman–Crippen MR) is 103 cm³/mol. The van der Waals surface area contributed by atoms with E-state index < -0.39 is 17.3 Å². The summed E-state index contributed by atoms with van der Waals surface area (Å²) in [6.07, 6.45) is -3.29. The van der Waals surface area contributed by atoms with E-state index in [1.165, 1.54) is 13.3 Å². The van der Waals surface area contributed by atoms with Crippen molar-refractivity contribution in [3.8, 4) is 0 Å². The van der Waals surface area contributed by atoms with Crippen LogP contribution in [0.4, 0.5) is 18.9 Å². The maximum absolute atomic E-state index is 13.1. The van der Waals surface area contributed by atoms with Crippen molar-refractivity contribution >= 4 is 40.0 Å². The molecule has 0 bridgehead atoms. The fourth-order valence-corrected chi connectivity index (χ4v) is 3.56. The van der Waals surface area contributed by atoms with Crippen molar-refractivity contribution in [1.29, 1.82) is 0 Å². The maximum Gasteiger partial charge on any atom is 0.416 e. The van der Waals surface area contributed by atoms with Crippen LogP contribution in [0.5, 0.6) is 0 Å². The van der Waals surface area contributed by atoms with Crippen LogP contribution in [0.15, 0.2) is 46.3 Å². The third-order valence-electron chi connectivity index (χ3n) is 3.86. The zero-order valence-corrected chi connectivity index (χ0v) is 16.0. The van der Waals surface area contributed by atoms with Gasteiger partial charge in [-0.2, -0.15) is 13.2 Å². The lowest BCUT2D eigenvalue weighted by Gasteiger charge is -2.15. The molecule has 0 atom stereocenters. The standard InChI is InChI=1S/C18H15ClF3N3OS/c1-3-27-15-5-4-12(19)8-14(15)24-25-9-23-16-10(2)6-11(18(20,21)22)7-13(16)17(25)26/h4-9,24H,3H2,1-2H3. The lowest BCUT2D eigenvalue weighted by molar-refractivity contribution is -0.137. The first-order valence-electron chi connectivity index (χ1n) is 7.99. The van der Waals surface area contributed by atoms with Gasteiger partial charge in [-0.25, -0.2) is 9.66 Å². The van der Waals surface area contributed by atoms with Crippen molar-refractivity contribution in [1.82, 2.24) is 9.66 Å². The van der Waals surface area contributed by atoms with Crippen molar-refractivity contribution in [3.63, 3.8) is 0 Å². The van der Waals surface area contributed by atoms with E-state index in [9.17, 15) is 18.0 Å². The number of nitrogens with zero attached hydrogens (tertiary/aromatic N) is 2. The second-order valence-electron chi connectivity index (χ2n) is 5.79. The Morgan fingerprint density at radius 2 is 2.00 bits per heavy atom. The molecular formula is C18H15ClF3N3OS. The summed E-state index contributed by atoms with van der Waals surface area (Å²) < 4.78 is 40.3. The molecule has 0 fully saturated rings. The summed E-state index contributed by atoms with van der Waals surface area (Å²) in [5, 5.41) is 0.360. The normalized spacial score (nSPS) is 11.8. The highest BCUT2D eigenvalue weighted by atomic mass is 35.5. The first-order chi connectivity index (χ1) is 12.7. The first kappa shape index (κ1) is 19.6. The summed E-state index contributed by atoms with van der Waals surface area (Å²) in [5.41, 5.74) is 2.48. The molecule has 0 aliphatic carbocycles. The van der Waals surface area contributed by atoms with Crippen LogP contribution >= 0.6 is 23.4 Å². The number of hydrogen-bond acceptors (Lipinski definition) is 4. The van der Waals surface area contributed by atoms with E-state index in [-0.39, 0.29) is 16.5 Å². The van der Waals surface area contributed by atoms with Crippen LogP contribution in [-0.4, -0.2) is 15.4 Å². The van der Waals surface area contributed by atoms with Crippen LogP contribution in [-0.2, 0) is 6.18 Å². The molecular weight excluding hydrogens is 399 g/mol. The fourth-order valence-electron chi connectivity index (χ4n) is 2.66. The third-order valence-corrected chi connectivity index (χ3v) is 5.05. The van der Waals surface area contributed by atoms with Crippen molar-refractivity contribution < 1.29 is 13.2 Å². The molecule has 0 saturated carbocycles. The van der Waals surface area contributed by atoms with Gasteiger partial charge in [0, 0.05) is 9.92 Å². The van der Waals surface area contributed by atoms with Gasteiger partial charge in [-0.05, 0) is 48.6 Å². The topological polar surface area (TPSA) is 46.9 Å². The Balaban J connectivity index is 2.13. The molecule has 3 aromatic rings. The summed E-state index contributed by atoms with van der Waals surface area (Å²) in [6, 6.07) is 7.00. The smallest absolute Gasteiger partial charge is 0.289 e. The zero-order chi connectivity index (χ0) is 19.8. The predicted octanol–water partition coefficient (Wildman–Crippen LogP) is 5.36. The van der Waals surface area contributed by atoms with Crippen LogP contribution in [0.25, 0.3) is 10.9 Å². The molecule has 0 spiro atoms. The highest BCUT2D eigenvalue weighted by molar-refractivity contribution is 7.99. The van der Waals surface area contributed by atoms with Crippen molar-refractivity contribution in [2.45, 2.75) is 24.9 Å². The van der Waals surface area contributed by atoms with E-state index >= 15 is 0 Å². The Bertz CT molecular complexity index is 1070. The van der Waals surface area contributed by atoms with Gasteiger partial charge in [-0.15, -0.1) is 11.8 Å². The number of rotatable bonds is 4. The molecule has 0 unspecified atom stereocenters. The average Bonchev–Trinajstić information content (AvgIpc) is 2.59. The Labute approximate surface area is 162 Å². The van der Waals surface area contributed by atoms with E-state index in [0.29, 0.717) is 10.7 Å². The largest absolute Gasteiger partial charge is 0.416 e. The third kappa shape index (κ3) is 4.06. The monoisotopic (exact) mass is 413 g/mol. The molecule has 0 saturated heterocycles. The van der Waals surface area contributed by atoms with Crippen molar-refractivity contribution in [3.05, 3.63) is 63.2 Å². The second kappa shape index (κ2) is 7.44. The summed E-state index contributed by atoms with van der Waals surface area (Å²) >= 11 is 7.57. The Kier molecular flexibility index (Phi) is 5.39. The summed E-state index contributed by atoms with van der Waals surface area (Å²) in [5.74, 6) is 0.801. The number of fused-ring (bicyclic) bond motifs is 1. The van der Waals surface area contributed by atoms with Gasteiger partial charge >= 0.3 is 6.18 Å². The quantitative estimate of drug-likeness (QED) is 0.584. The number of nitrogens with one attached hydrogen (secondary N) is 1. The van der Waals surface area contributed by atoms with Crippen molar-refractivity contribution in [2.75, 3.05) is 11.2 Å². The number of anilines is 1. The van der Waals surface area contributed by atoms with Gasteiger partial charge in [0.1, 0.15) is 6.33 Å². The van der Waals surface area contributed by atoms with Gasteiger partial charge in [0.2, 0.25) is 0 Å². The summed E-state index contributed by atoms with van der Waals surface area (Å²) in [6.45, 7) is 3.48. The molecule has 1 N–H and O–H groups in total. The van der Waals surface area contributed by atoms with Gasteiger partial charge in [0.25, 0.3) is 5.56 Å². The van der Waals surface area contributed by atoms with Gasteiger partial charge < -0.3 is 0 Å². The van der Waals surface area contributed by atoms with Crippen LogP contribution in [0.3, 0.4) is 0 Å². The Morgan fingerprint density at radius 1 is 1.26 bits per heavy atom. The van der Waals surface area contributed by atoms with Gasteiger partial charge in [-0.3, -0.25) is 10.2 Å². The molecule has 0 aliphatic rings. The molecule has 4 nitrogen and oxygen atoms in total. The van der Waals surface area contributed by atoms with Gasteiger partial charge in [0.05, 0.1) is 22.2 Å². The second-order valence-corrected chi connectivity index (χ2v) is 7.53. The maximum atomic E-state index is 13.1. The molecule has 9 heteroatoms. The summed E-state index contributed by atoms with van der Waals surface area (Å²) in [7, 11) is 0. The average molecular weight is 414 g/mol. The molecule has 2 aromatic carbocycles. The molecule has 0 aliphatic heterocycles. The molecule has 142 valence electrons. The lowest BCUT2D eigenvalue weighted by atomic mass is 10.1. The first-order valence-corrected chi connectivity index (χ1v) is 9.35. The SMILES string of the molecule is CCSc1ccc(Cl)cc1Nn1cnc2c(C)cc(C(F)(F)F)cc2c1=O. The fraction of sp³-hybridized carbons (Fsp3) is 0.222. The zero-order valence-electron chi connectivity index (χ0n) is 14.4. The number of thioether (sulfide) groups is 1. The van der Waals surface area contributed by atoms with Crippen molar-refractivity contribution in [2.24, 2.45) is 0 Å². The molecule has 1 aromatic heterocycles. The van der Waals surface area contributed by atoms with E-state index in [1.54, 1.807) is 23.9 Å². The molecule has 3 rings (SSSR count). The Morgan fingerprint density at radius 3 is 2.67 bits per heavy atom. The number of aryl methyl sites for hydroxylation is 1. The van der Waals surface area contributed by atoms with Crippen LogP contribution in [0.2, 0.25) is 5.02 Å². The minimum absolute atomic E-state index is 0.107. The van der Waals surface area contributed by atoms with Crippen LogP contribution in [0, 0.1) is 6.92 Å². The van der Waals surface area contributed by atoms with E-state index in [1.807, 2.05) is 13.0 Å². The number of alkyl halides is 3. The van der Waals surface area contributed by atoms with E-state index in [0.717, 1.165) is 27.5 Å². The number of benzene rings is 2. The van der Waals surface area contributed by atoms with Gasteiger partial charge in [-0.1, -0.05) is 18.5 Å². The van der Waals surface area contributed by atoms with E-state index in [2.05, 4.69) is 10.4 Å².